The lowest BCUT2D eigenvalue weighted by Crippen LogP contribution is -2.56. The molecule has 392 valence electrons. The van der Waals surface area contributed by atoms with Crippen molar-refractivity contribution in [2.24, 2.45) is 71.0 Å². The summed E-state index contributed by atoms with van der Waals surface area (Å²) >= 11 is 4.87. The SMILES string of the molecule is C.Ic1ccc(C2(c3ccc(I)cc3)C3CC4CC(C3)CC2C4)cc1.Nc1ccc(C2(c3ccc(N)cc3)C3CC4CC(C3)CC2C4)cc1.O=C1C2CC3CC(C2)CC1C3.[H-].[HH].[HH].[HH].[HH].[HH].[HH].[HH].[HH].[HH].[HH].[HH].[HH].[HH].[HH].[HH].[HH].[HH].[HH].[HH].[HH].[HH].[HH].[HH].[HH].[HH].[HH].[HH].[HH].[HH].[HH].[HH].[HH].[HH].[HH].[HH].[HH].[HH]. The van der Waals surface area contributed by atoms with Crippen LogP contribution in [0.1, 0.15) is 180 Å². The minimum absolute atomic E-state index is 0. The molecule has 12 aliphatic rings. The minimum Gasteiger partial charge on any atom is -1.00 e. The molecule has 12 aliphatic carbocycles. The minimum atomic E-state index is 0. The molecule has 60 heavy (non-hydrogen) atoms. The molecule has 0 radical (unpaired) electrons. The van der Waals surface area contributed by atoms with E-state index in [1.807, 2.05) is 0 Å². The van der Waals surface area contributed by atoms with Crippen molar-refractivity contribution in [2.45, 2.75) is 115 Å². The van der Waals surface area contributed by atoms with E-state index in [4.69, 9.17) is 11.5 Å². The first-order chi connectivity index (χ1) is 28.6. The topological polar surface area (TPSA) is 69.1 Å². The summed E-state index contributed by atoms with van der Waals surface area (Å²) in [7, 11) is 0. The Morgan fingerprint density at radius 3 is 0.900 bits per heavy atom. The molecule has 0 amide bonds. The van der Waals surface area contributed by atoms with Crippen LogP contribution in [0, 0.1) is 78.2 Å². The fourth-order valence-corrected chi connectivity index (χ4v) is 17.4. The second-order valence-corrected chi connectivity index (χ2v) is 23.8. The second-order valence-electron chi connectivity index (χ2n) is 21.3. The van der Waals surface area contributed by atoms with Gasteiger partial charge >= 0.3 is 0 Å². The van der Waals surface area contributed by atoms with Gasteiger partial charge in [0.25, 0.3) is 0 Å². The monoisotopic (exact) mass is 1100 g/mol. The largest absolute Gasteiger partial charge is 1.00 e. The van der Waals surface area contributed by atoms with Crippen molar-refractivity contribution in [3.8, 4) is 0 Å². The Balaban J connectivity index is -0.0000000232. The van der Waals surface area contributed by atoms with Crippen molar-refractivity contribution >= 4 is 62.3 Å². The molecule has 5 heteroatoms. The number of carbonyl (C=O) groups is 1. The summed E-state index contributed by atoms with van der Waals surface area (Å²) < 4.78 is 2.69. The third-order valence-corrected chi connectivity index (χ3v) is 19.7. The Labute approximate surface area is 444 Å². The van der Waals surface area contributed by atoms with Crippen molar-refractivity contribution < 1.29 is 59.0 Å². The summed E-state index contributed by atoms with van der Waals surface area (Å²) in [6.45, 7) is 0. The number of carbonyl (C=O) groups excluding carboxylic acids is 1. The van der Waals surface area contributed by atoms with Gasteiger partial charge in [0, 0.05) is 94.0 Å². The Hall–Kier alpha value is -2.39. The van der Waals surface area contributed by atoms with E-state index in [2.05, 4.69) is 142 Å². The number of anilines is 2. The Bertz CT molecular complexity index is 1940. The second kappa shape index (κ2) is 16.3. The number of ketones is 1. The normalized spacial score (nSPS) is 36.1. The van der Waals surface area contributed by atoms with Gasteiger partial charge in [-0.2, -0.15) is 0 Å². The Kier molecular flexibility index (Phi) is 11.3. The van der Waals surface area contributed by atoms with Gasteiger partial charge in [-0.3, -0.25) is 4.79 Å². The number of hydrogen-bond acceptors (Lipinski definition) is 3. The number of Topliss-reactive ketones (excluding diaryl/α,β-unsaturated/α-hetero) is 1. The van der Waals surface area contributed by atoms with Crippen LogP contribution in [-0.2, 0) is 15.6 Å². The zero-order chi connectivity index (χ0) is 40.0. The van der Waals surface area contributed by atoms with E-state index in [0.29, 0.717) is 17.6 Å². The lowest BCUT2D eigenvalue weighted by molar-refractivity contribution is -0.139. The van der Waals surface area contributed by atoms with E-state index in [1.54, 1.807) is 11.1 Å². The molecular weight excluding hydrogens is 958 g/mol. The first-order valence-corrected chi connectivity index (χ1v) is 25.6. The summed E-state index contributed by atoms with van der Waals surface area (Å²) in [6, 6.07) is 36.5. The van der Waals surface area contributed by atoms with Crippen LogP contribution in [0.3, 0.4) is 0 Å². The van der Waals surface area contributed by atoms with E-state index in [-0.39, 0.29) is 72.5 Å². The first-order valence-electron chi connectivity index (χ1n) is 23.4. The highest BCUT2D eigenvalue weighted by Gasteiger charge is 2.60. The molecule has 12 bridgehead atoms. The van der Waals surface area contributed by atoms with E-state index >= 15 is 0 Å². The van der Waals surface area contributed by atoms with Crippen molar-refractivity contribution in [2.75, 3.05) is 11.5 Å². The first kappa shape index (κ1) is 41.6. The van der Waals surface area contributed by atoms with Crippen molar-refractivity contribution in [1.82, 2.24) is 0 Å². The van der Waals surface area contributed by atoms with Gasteiger partial charge in [0.2, 0.25) is 0 Å². The molecule has 0 unspecified atom stereocenters. The van der Waals surface area contributed by atoms with E-state index in [0.717, 1.165) is 70.6 Å². The third-order valence-electron chi connectivity index (χ3n) is 18.2. The Morgan fingerprint density at radius 1 is 0.400 bits per heavy atom. The number of rotatable bonds is 4. The number of hydrogen-bond donors (Lipinski definition) is 2. The predicted octanol–water partition coefficient (Wildman–Crippen LogP) is 23.1. The number of nitrogen functional groups attached to an aromatic ring is 2. The van der Waals surface area contributed by atoms with Gasteiger partial charge in [-0.1, -0.05) is 56.0 Å². The highest BCUT2D eigenvalue weighted by molar-refractivity contribution is 14.1. The predicted molar refractivity (Wildman–Crippen MR) is 344 cm³/mol. The van der Waals surface area contributed by atoms with Crippen molar-refractivity contribution in [3.63, 3.8) is 0 Å². The van der Waals surface area contributed by atoms with Crippen LogP contribution in [0.2, 0.25) is 0 Å². The van der Waals surface area contributed by atoms with Crippen LogP contribution >= 0.6 is 45.2 Å². The molecule has 0 saturated heterocycles. The van der Waals surface area contributed by atoms with Crippen LogP contribution in [-0.4, -0.2) is 5.78 Å². The molecule has 0 aromatic heterocycles. The summed E-state index contributed by atoms with van der Waals surface area (Å²) in [5.74, 6) is 10.7. The maximum Gasteiger partial charge on any atom is 0.139 e. The quantitative estimate of drug-likeness (QED) is 0.158. The van der Waals surface area contributed by atoms with Gasteiger partial charge in [0.1, 0.15) is 5.78 Å². The van der Waals surface area contributed by atoms with Crippen LogP contribution in [0.25, 0.3) is 0 Å². The summed E-state index contributed by atoms with van der Waals surface area (Å²) in [5, 5.41) is 0. The molecule has 16 rings (SSSR count). The molecule has 3 nitrogen and oxygen atoms in total. The summed E-state index contributed by atoms with van der Waals surface area (Å²) in [6.07, 6.45) is 20.8. The molecule has 12 saturated carbocycles. The average molecular weight is 1100 g/mol. The van der Waals surface area contributed by atoms with Crippen LogP contribution in [0.4, 0.5) is 11.4 Å². The number of nitrogens with two attached hydrogens (primary N) is 2. The van der Waals surface area contributed by atoms with E-state index in [9.17, 15) is 4.79 Å². The lowest BCUT2D eigenvalue weighted by Gasteiger charge is -2.62. The average Bonchev–Trinajstić information content (AvgIpc) is 3.22. The molecule has 0 spiro atoms. The van der Waals surface area contributed by atoms with Crippen LogP contribution in [0.15, 0.2) is 97.1 Å². The fourth-order valence-electron chi connectivity index (χ4n) is 16.7. The number of halogens is 2. The summed E-state index contributed by atoms with van der Waals surface area (Å²) in [5.41, 5.74) is 20.2. The van der Waals surface area contributed by atoms with Gasteiger partial charge in [-0.05, 0) is 271 Å². The highest BCUT2D eigenvalue weighted by Crippen LogP contribution is 2.66. The molecule has 12 fully saturated rings. The van der Waals surface area contributed by atoms with Crippen LogP contribution in [0.5, 0.6) is 0 Å². The lowest BCUT2D eigenvalue weighted by atomic mass is 9.42. The highest BCUT2D eigenvalue weighted by atomic mass is 127. The summed E-state index contributed by atoms with van der Waals surface area (Å²) in [4.78, 5) is 11.6. The smallest absolute Gasteiger partial charge is 0.139 e. The van der Waals surface area contributed by atoms with E-state index < -0.39 is 0 Å². The molecule has 0 heterocycles. The molecule has 0 aliphatic heterocycles. The van der Waals surface area contributed by atoms with Crippen molar-refractivity contribution in [3.05, 3.63) is 126 Å². The third kappa shape index (κ3) is 7.03. The van der Waals surface area contributed by atoms with Gasteiger partial charge in [-0.25, -0.2) is 0 Å². The maximum absolute atomic E-state index is 11.6. The van der Waals surface area contributed by atoms with E-state index in [1.165, 1.54) is 115 Å². The van der Waals surface area contributed by atoms with Gasteiger partial charge in [0.05, 0.1) is 0 Å². The standard InChI is InChI=1S/C22H22I2.C22H26N2.C10H14O.CH4.37H2.H/c2*23-20-5-1-16(2-6-20)22(17-3-7-21(24)8-4-17)18-10-14-9-15(12-18)13-19(22)11-14;11-10-8-2-6-1-7(4-8)5-9(10)3-6;;;;;;;;;;;;;;;;;;;;;;;;;;;;;;;;;;;;;;;/h1-8,14-15,18-19H,9-13H2;1-8,14-15,18-19H,9-13,23-24H2;6-9H,1-5H2;1H4;37*1H;/q;;;;;;;;;;;;;;;;;;;;;;;;;;;;;;;;;;;;;;;;;-1. The molecule has 0 atom stereocenters. The number of benzene rings is 4. The molecule has 4 aromatic rings. The zero-order valence-electron chi connectivity index (χ0n) is 35.6. The maximum atomic E-state index is 11.6. The molecular formula is C55H141I2N2O-. The van der Waals surface area contributed by atoms with Crippen LogP contribution < -0.4 is 11.5 Å². The van der Waals surface area contributed by atoms with Gasteiger partial charge in [-0.15, -0.1) is 0 Å². The molecule has 4 aromatic carbocycles. The van der Waals surface area contributed by atoms with Crippen molar-refractivity contribution in [1.29, 1.82) is 0 Å². The van der Waals surface area contributed by atoms with Gasteiger partial charge < -0.3 is 12.9 Å². The fraction of sp³-hybridized carbons (Fsp3) is 0.545. The Morgan fingerprint density at radius 2 is 0.633 bits per heavy atom. The van der Waals surface area contributed by atoms with Gasteiger partial charge in [0.15, 0.2) is 0 Å². The zero-order valence-corrected chi connectivity index (χ0v) is 38.9. The molecule has 4 N–H and O–H groups in total.